The van der Waals surface area contributed by atoms with Crippen LogP contribution < -0.4 is 0 Å². The summed E-state index contributed by atoms with van der Waals surface area (Å²) in [5, 5.41) is 17.1. The molecular formula is C5H10O4. The summed E-state index contributed by atoms with van der Waals surface area (Å²) in [6, 6.07) is 0. The van der Waals surface area contributed by atoms with Crippen LogP contribution in [0.15, 0.2) is 0 Å². The number of hydrogen-bond donors (Lipinski definition) is 2. The summed E-state index contributed by atoms with van der Waals surface area (Å²) in [6.07, 6.45) is 0. The third-order valence-corrected chi connectivity index (χ3v) is 0.657. The molecule has 0 heterocycles. The third-order valence-electron chi connectivity index (χ3n) is 0.657. The van der Waals surface area contributed by atoms with E-state index >= 15 is 0 Å². The number of carbonyl (C=O) groups excluding carboxylic acids is 1. The van der Waals surface area contributed by atoms with Gasteiger partial charge in [0.1, 0.15) is 6.61 Å². The van der Waals surface area contributed by atoms with Gasteiger partial charge in [0, 0.05) is 13.8 Å². The molecular weight excluding hydrogens is 124 g/mol. The van der Waals surface area contributed by atoms with E-state index in [4.69, 9.17) is 10.2 Å². The van der Waals surface area contributed by atoms with Gasteiger partial charge in [0.15, 0.2) is 0 Å². The second-order valence-electron chi connectivity index (χ2n) is 1.93. The first kappa shape index (κ1) is 8.39. The molecule has 0 aliphatic heterocycles. The highest BCUT2D eigenvalue weighted by atomic mass is 16.7. The summed E-state index contributed by atoms with van der Waals surface area (Å²) in [7, 11) is 0. The van der Waals surface area contributed by atoms with E-state index < -0.39 is 18.4 Å². The molecule has 0 saturated carbocycles. The molecule has 4 heteroatoms. The van der Waals surface area contributed by atoms with Gasteiger partial charge < -0.3 is 14.9 Å². The molecule has 0 aromatic heterocycles. The van der Waals surface area contributed by atoms with E-state index in [0.29, 0.717) is 0 Å². The molecule has 0 aromatic rings. The predicted octanol–water partition coefficient (Wildman–Crippen LogP) is -0.750. The molecule has 0 fully saturated rings. The van der Waals surface area contributed by atoms with Crippen LogP contribution in [-0.4, -0.2) is 28.6 Å². The van der Waals surface area contributed by atoms with Crippen LogP contribution in [-0.2, 0) is 9.53 Å². The normalized spacial score (nSPS) is 16.4. The first-order valence-electron chi connectivity index (χ1n) is 2.51. The van der Waals surface area contributed by atoms with Crippen molar-refractivity contribution in [3.05, 3.63) is 0 Å². The maximum absolute atomic E-state index is 10.1. The summed E-state index contributed by atoms with van der Waals surface area (Å²) in [6.45, 7) is 1.77. The van der Waals surface area contributed by atoms with Crippen molar-refractivity contribution in [3.8, 4) is 0 Å². The maximum atomic E-state index is 10.1. The molecule has 0 spiro atoms. The van der Waals surface area contributed by atoms with Crippen LogP contribution in [0.5, 0.6) is 0 Å². The molecule has 2 N–H and O–H groups in total. The van der Waals surface area contributed by atoms with E-state index in [2.05, 4.69) is 4.74 Å². The van der Waals surface area contributed by atoms with Crippen molar-refractivity contribution < 1.29 is 19.7 Å². The predicted molar refractivity (Wildman–Crippen MR) is 29.5 cm³/mol. The lowest BCUT2D eigenvalue weighted by Crippen LogP contribution is -2.34. The molecule has 0 aliphatic rings. The van der Waals surface area contributed by atoms with Crippen LogP contribution in [0.2, 0.25) is 0 Å². The van der Waals surface area contributed by atoms with Crippen molar-refractivity contribution in [3.63, 3.8) is 0 Å². The zero-order chi connectivity index (χ0) is 7.49. The summed E-state index contributed by atoms with van der Waals surface area (Å²) >= 11 is 0. The number of hydrogen-bond acceptors (Lipinski definition) is 4. The largest absolute Gasteiger partial charge is 0.431 e. The second-order valence-corrected chi connectivity index (χ2v) is 1.93. The van der Waals surface area contributed by atoms with Gasteiger partial charge in [-0.05, 0) is 0 Å². The Morgan fingerprint density at radius 2 is 2.22 bits per heavy atom. The van der Waals surface area contributed by atoms with Crippen molar-refractivity contribution in [2.24, 2.45) is 0 Å². The Morgan fingerprint density at radius 3 is 2.33 bits per heavy atom. The van der Waals surface area contributed by atoms with Crippen LogP contribution in [0.25, 0.3) is 0 Å². The Kier molecular flexibility index (Phi) is 2.61. The highest BCUT2D eigenvalue weighted by Gasteiger charge is 2.21. The van der Waals surface area contributed by atoms with Gasteiger partial charge in [0.2, 0.25) is 5.79 Å². The molecule has 0 saturated heterocycles. The average molecular weight is 134 g/mol. The standard InChI is InChI=1S/C5H10O4/c1-4(7)9-5(2,8)3-6/h6,8H,3H2,1-2H3. The lowest BCUT2D eigenvalue weighted by molar-refractivity contribution is -0.212. The molecule has 54 valence electrons. The van der Waals surface area contributed by atoms with Gasteiger partial charge >= 0.3 is 5.97 Å². The zero-order valence-electron chi connectivity index (χ0n) is 5.42. The van der Waals surface area contributed by atoms with Crippen molar-refractivity contribution in [2.45, 2.75) is 19.6 Å². The van der Waals surface area contributed by atoms with Gasteiger partial charge in [-0.15, -0.1) is 0 Å². The Labute approximate surface area is 53.1 Å². The molecule has 0 bridgehead atoms. The highest BCUT2D eigenvalue weighted by Crippen LogP contribution is 2.02. The quantitative estimate of drug-likeness (QED) is 0.385. The first-order chi connectivity index (χ1) is 3.98. The number of carbonyl (C=O) groups is 1. The van der Waals surface area contributed by atoms with Crippen molar-refractivity contribution in [1.29, 1.82) is 0 Å². The SMILES string of the molecule is CC(=O)OC(C)(O)CO. The minimum absolute atomic E-state index is 0.591. The summed E-state index contributed by atoms with van der Waals surface area (Å²) in [4.78, 5) is 10.1. The lowest BCUT2D eigenvalue weighted by atomic mass is 10.3. The number of rotatable bonds is 2. The van der Waals surface area contributed by atoms with E-state index in [1.807, 2.05) is 0 Å². The summed E-state index contributed by atoms with van der Waals surface area (Å²) < 4.78 is 4.25. The fourth-order valence-corrected chi connectivity index (χ4v) is 0.342. The van der Waals surface area contributed by atoms with Crippen LogP contribution in [0, 0.1) is 0 Å². The zero-order valence-corrected chi connectivity index (χ0v) is 5.42. The van der Waals surface area contributed by atoms with Gasteiger partial charge in [-0.1, -0.05) is 0 Å². The van der Waals surface area contributed by atoms with Crippen LogP contribution in [0.3, 0.4) is 0 Å². The van der Waals surface area contributed by atoms with E-state index in [1.165, 1.54) is 6.92 Å². The van der Waals surface area contributed by atoms with Crippen molar-refractivity contribution in [2.75, 3.05) is 6.61 Å². The minimum atomic E-state index is -1.73. The molecule has 1 atom stereocenters. The highest BCUT2D eigenvalue weighted by molar-refractivity contribution is 5.66. The summed E-state index contributed by atoms with van der Waals surface area (Å²) in [5.41, 5.74) is 0. The summed E-state index contributed by atoms with van der Waals surface area (Å²) in [5.74, 6) is -2.35. The van der Waals surface area contributed by atoms with Gasteiger partial charge in [-0.3, -0.25) is 4.79 Å². The second kappa shape index (κ2) is 2.80. The fourth-order valence-electron chi connectivity index (χ4n) is 0.342. The van der Waals surface area contributed by atoms with Crippen molar-refractivity contribution in [1.82, 2.24) is 0 Å². The van der Waals surface area contributed by atoms with Gasteiger partial charge in [0.05, 0.1) is 0 Å². The van der Waals surface area contributed by atoms with Crippen LogP contribution in [0.4, 0.5) is 0 Å². The van der Waals surface area contributed by atoms with Gasteiger partial charge in [-0.25, -0.2) is 0 Å². The van der Waals surface area contributed by atoms with Crippen LogP contribution >= 0.6 is 0 Å². The lowest BCUT2D eigenvalue weighted by Gasteiger charge is -2.18. The number of aliphatic hydroxyl groups excluding tert-OH is 1. The molecule has 9 heavy (non-hydrogen) atoms. The molecule has 0 aromatic carbocycles. The Hall–Kier alpha value is -0.610. The number of esters is 1. The molecule has 0 radical (unpaired) electrons. The Balaban J connectivity index is 3.71. The van der Waals surface area contributed by atoms with E-state index in [0.717, 1.165) is 6.92 Å². The number of ether oxygens (including phenoxy) is 1. The molecule has 0 rings (SSSR count). The fraction of sp³-hybridized carbons (Fsp3) is 0.800. The Bertz CT molecular complexity index is 108. The smallest absolute Gasteiger partial charge is 0.305 e. The van der Waals surface area contributed by atoms with Gasteiger partial charge in [0.25, 0.3) is 0 Å². The molecule has 1 unspecified atom stereocenters. The Morgan fingerprint density at radius 1 is 1.78 bits per heavy atom. The van der Waals surface area contributed by atoms with Crippen LogP contribution in [0.1, 0.15) is 13.8 Å². The topological polar surface area (TPSA) is 66.8 Å². The van der Waals surface area contributed by atoms with Gasteiger partial charge in [-0.2, -0.15) is 0 Å². The molecule has 0 aliphatic carbocycles. The van der Waals surface area contributed by atoms with E-state index in [9.17, 15) is 4.79 Å². The first-order valence-corrected chi connectivity index (χ1v) is 2.51. The third kappa shape index (κ3) is 3.93. The monoisotopic (exact) mass is 134 g/mol. The molecule has 0 amide bonds. The minimum Gasteiger partial charge on any atom is -0.431 e. The van der Waals surface area contributed by atoms with E-state index in [1.54, 1.807) is 0 Å². The average Bonchev–Trinajstić information content (AvgIpc) is 1.63. The van der Waals surface area contributed by atoms with E-state index in [-0.39, 0.29) is 0 Å². The van der Waals surface area contributed by atoms with Crippen molar-refractivity contribution >= 4 is 5.97 Å². The maximum Gasteiger partial charge on any atom is 0.305 e. The molecule has 4 nitrogen and oxygen atoms in total. The number of aliphatic hydroxyl groups is 2.